The van der Waals surface area contributed by atoms with Crippen molar-refractivity contribution in [3.63, 3.8) is 0 Å². The molecule has 1 fully saturated rings. The molecule has 2 N–H and O–H groups in total. The molecule has 3 rings (SSSR count). The fourth-order valence-electron chi connectivity index (χ4n) is 2.21. The zero-order chi connectivity index (χ0) is 14.3. The summed E-state index contributed by atoms with van der Waals surface area (Å²) in [4.78, 5) is 6.47. The molecule has 2 aromatic rings. The first kappa shape index (κ1) is 14.0. The zero-order valence-corrected chi connectivity index (χ0v) is 13.4. The molecule has 5 nitrogen and oxygen atoms in total. The van der Waals surface area contributed by atoms with Crippen LogP contribution in [0.3, 0.4) is 0 Å². The molecule has 0 amide bonds. The third-order valence-electron chi connectivity index (χ3n) is 3.23. The van der Waals surface area contributed by atoms with Crippen LogP contribution in [0, 0.1) is 0 Å². The summed E-state index contributed by atoms with van der Waals surface area (Å²) < 4.78 is 24.9. The van der Waals surface area contributed by atoms with Gasteiger partial charge in [0.1, 0.15) is 5.37 Å². The van der Waals surface area contributed by atoms with Gasteiger partial charge in [0.15, 0.2) is 15.0 Å². The van der Waals surface area contributed by atoms with E-state index in [1.54, 1.807) is 11.8 Å². The van der Waals surface area contributed by atoms with E-state index in [4.69, 9.17) is 5.73 Å². The molecule has 1 aliphatic heterocycles. The quantitative estimate of drug-likeness (QED) is 0.847. The molecule has 0 saturated carbocycles. The SMILES string of the molecule is CS(=O)(=O)C1CSCCN1c1nc2ccc(N)cc2s1. The van der Waals surface area contributed by atoms with Gasteiger partial charge >= 0.3 is 0 Å². The van der Waals surface area contributed by atoms with Gasteiger partial charge in [-0.2, -0.15) is 11.8 Å². The Morgan fingerprint density at radius 2 is 2.25 bits per heavy atom. The summed E-state index contributed by atoms with van der Waals surface area (Å²) in [6.07, 6.45) is 1.29. The zero-order valence-electron chi connectivity index (χ0n) is 10.9. The number of anilines is 2. The Hall–Kier alpha value is -0.990. The fraction of sp³-hybridized carbons (Fsp3) is 0.417. The third-order valence-corrected chi connectivity index (χ3v) is 6.92. The number of hydrogen-bond donors (Lipinski definition) is 1. The van der Waals surface area contributed by atoms with Crippen LogP contribution in [-0.4, -0.2) is 43.1 Å². The summed E-state index contributed by atoms with van der Waals surface area (Å²) in [6, 6.07) is 5.56. The molecule has 1 atom stereocenters. The van der Waals surface area contributed by atoms with Crippen molar-refractivity contribution in [2.45, 2.75) is 5.37 Å². The van der Waals surface area contributed by atoms with Gasteiger partial charge in [0.05, 0.1) is 10.2 Å². The summed E-state index contributed by atoms with van der Waals surface area (Å²) in [7, 11) is -3.12. The van der Waals surface area contributed by atoms with Gasteiger partial charge in [0.2, 0.25) is 0 Å². The number of nitrogen functional groups attached to an aromatic ring is 1. The maximum atomic E-state index is 11.9. The van der Waals surface area contributed by atoms with Crippen molar-refractivity contribution < 1.29 is 8.42 Å². The molecule has 108 valence electrons. The first-order chi connectivity index (χ1) is 9.45. The van der Waals surface area contributed by atoms with E-state index >= 15 is 0 Å². The van der Waals surface area contributed by atoms with E-state index < -0.39 is 15.2 Å². The summed E-state index contributed by atoms with van der Waals surface area (Å²) >= 11 is 3.17. The molecule has 1 saturated heterocycles. The van der Waals surface area contributed by atoms with Crippen LogP contribution < -0.4 is 10.6 Å². The minimum absolute atomic E-state index is 0.487. The lowest BCUT2D eigenvalue weighted by atomic mass is 10.3. The number of fused-ring (bicyclic) bond motifs is 1. The molecule has 20 heavy (non-hydrogen) atoms. The predicted octanol–water partition coefficient (Wildman–Crippen LogP) is 1.80. The number of nitrogens with zero attached hydrogens (tertiary/aromatic N) is 2. The van der Waals surface area contributed by atoms with Gasteiger partial charge in [-0.25, -0.2) is 13.4 Å². The van der Waals surface area contributed by atoms with Gasteiger partial charge < -0.3 is 10.6 Å². The molecule has 8 heteroatoms. The number of thioether (sulfide) groups is 1. The van der Waals surface area contributed by atoms with Crippen molar-refractivity contribution in [3.05, 3.63) is 18.2 Å². The third kappa shape index (κ3) is 2.59. The van der Waals surface area contributed by atoms with Crippen LogP contribution in [0.4, 0.5) is 10.8 Å². The largest absolute Gasteiger partial charge is 0.399 e. The second kappa shape index (κ2) is 5.09. The lowest BCUT2D eigenvalue weighted by Crippen LogP contribution is -2.47. The van der Waals surface area contributed by atoms with Crippen LogP contribution in [0.1, 0.15) is 0 Å². The molecule has 1 aromatic heterocycles. The van der Waals surface area contributed by atoms with E-state index in [0.29, 0.717) is 18.0 Å². The maximum absolute atomic E-state index is 11.9. The van der Waals surface area contributed by atoms with Crippen molar-refractivity contribution in [3.8, 4) is 0 Å². The standard InChI is InChI=1S/C12H15N3O2S3/c1-20(16,17)11-7-18-5-4-15(11)12-14-9-3-2-8(13)6-10(9)19-12/h2-3,6,11H,4-5,7,13H2,1H3. The second-order valence-corrected chi connectivity index (χ2v) is 9.14. The number of aromatic nitrogens is 1. The highest BCUT2D eigenvalue weighted by Gasteiger charge is 2.32. The van der Waals surface area contributed by atoms with Crippen LogP contribution in [0.15, 0.2) is 18.2 Å². The highest BCUT2D eigenvalue weighted by molar-refractivity contribution is 8.01. The predicted molar refractivity (Wildman–Crippen MR) is 87.3 cm³/mol. The first-order valence-electron chi connectivity index (χ1n) is 6.14. The molecular weight excluding hydrogens is 314 g/mol. The summed E-state index contributed by atoms with van der Waals surface area (Å²) in [6.45, 7) is 0.706. The molecule has 0 spiro atoms. The molecule has 1 aromatic carbocycles. The van der Waals surface area contributed by atoms with Gasteiger partial charge in [-0.05, 0) is 18.2 Å². The topological polar surface area (TPSA) is 76.3 Å². The highest BCUT2D eigenvalue weighted by Crippen LogP contribution is 2.34. The number of sulfone groups is 1. The fourth-order valence-corrected chi connectivity index (χ4v) is 6.18. The average molecular weight is 329 g/mol. The van der Waals surface area contributed by atoms with E-state index in [2.05, 4.69) is 4.98 Å². The van der Waals surface area contributed by atoms with Gasteiger partial charge in [-0.3, -0.25) is 0 Å². The van der Waals surface area contributed by atoms with Crippen molar-refractivity contribution >= 4 is 54.0 Å². The van der Waals surface area contributed by atoms with Crippen molar-refractivity contribution in [2.24, 2.45) is 0 Å². The Labute approximate surface area is 126 Å². The Morgan fingerprint density at radius 1 is 1.45 bits per heavy atom. The highest BCUT2D eigenvalue weighted by atomic mass is 32.2. The van der Waals surface area contributed by atoms with Crippen LogP contribution in [0.25, 0.3) is 10.2 Å². The van der Waals surface area contributed by atoms with Gasteiger partial charge in [0.25, 0.3) is 0 Å². The lowest BCUT2D eigenvalue weighted by Gasteiger charge is -2.33. The smallest absolute Gasteiger partial charge is 0.187 e. The monoisotopic (exact) mass is 329 g/mol. The molecule has 0 aliphatic carbocycles. The van der Waals surface area contributed by atoms with Crippen molar-refractivity contribution in [1.29, 1.82) is 0 Å². The number of nitrogens with two attached hydrogens (primary N) is 1. The summed E-state index contributed by atoms with van der Waals surface area (Å²) in [5.74, 6) is 1.51. The Balaban J connectivity index is 2.03. The molecule has 1 aliphatic rings. The van der Waals surface area contributed by atoms with E-state index in [1.807, 2.05) is 23.1 Å². The average Bonchev–Trinajstić information content (AvgIpc) is 2.80. The minimum Gasteiger partial charge on any atom is -0.399 e. The van der Waals surface area contributed by atoms with Crippen LogP contribution in [0.5, 0.6) is 0 Å². The Bertz CT molecular complexity index is 741. The lowest BCUT2D eigenvalue weighted by molar-refractivity contribution is 0.584. The second-order valence-electron chi connectivity index (χ2n) is 4.78. The first-order valence-corrected chi connectivity index (χ1v) is 10.1. The molecule has 2 heterocycles. The van der Waals surface area contributed by atoms with Crippen molar-refractivity contribution in [2.75, 3.05) is 34.9 Å². The molecule has 0 radical (unpaired) electrons. The van der Waals surface area contributed by atoms with Gasteiger partial charge in [0, 0.05) is 30.0 Å². The van der Waals surface area contributed by atoms with Gasteiger partial charge in [-0.15, -0.1) is 0 Å². The van der Waals surface area contributed by atoms with E-state index in [1.165, 1.54) is 17.6 Å². The summed E-state index contributed by atoms with van der Waals surface area (Å²) in [5.41, 5.74) is 7.34. The van der Waals surface area contributed by atoms with Gasteiger partial charge in [-0.1, -0.05) is 11.3 Å². The molecule has 0 bridgehead atoms. The van der Waals surface area contributed by atoms with Crippen molar-refractivity contribution in [1.82, 2.24) is 4.98 Å². The van der Waals surface area contributed by atoms with E-state index in [-0.39, 0.29) is 0 Å². The normalized spacial score (nSPS) is 20.4. The Kier molecular flexibility index (Phi) is 3.55. The van der Waals surface area contributed by atoms with E-state index in [0.717, 1.165) is 21.1 Å². The Morgan fingerprint density at radius 3 is 3.00 bits per heavy atom. The minimum atomic E-state index is -3.12. The molecule has 1 unspecified atom stereocenters. The van der Waals surface area contributed by atoms with Crippen LogP contribution >= 0.6 is 23.1 Å². The maximum Gasteiger partial charge on any atom is 0.187 e. The summed E-state index contributed by atoms with van der Waals surface area (Å²) in [5, 5.41) is 0.278. The number of thiazole rings is 1. The molecular formula is C12H15N3O2S3. The number of rotatable bonds is 2. The number of benzene rings is 1. The van der Waals surface area contributed by atoms with E-state index in [9.17, 15) is 8.42 Å². The van der Waals surface area contributed by atoms with Crippen LogP contribution in [-0.2, 0) is 9.84 Å². The number of hydrogen-bond acceptors (Lipinski definition) is 7. The van der Waals surface area contributed by atoms with Crippen LogP contribution in [0.2, 0.25) is 0 Å².